The van der Waals surface area contributed by atoms with Crippen molar-refractivity contribution in [2.24, 2.45) is 0 Å². The van der Waals surface area contributed by atoms with Gasteiger partial charge in [0, 0.05) is 34.4 Å². The number of fused-ring (bicyclic) bond motifs is 2. The van der Waals surface area contributed by atoms with Crippen molar-refractivity contribution in [3.63, 3.8) is 0 Å². The van der Waals surface area contributed by atoms with Crippen molar-refractivity contribution < 1.29 is 13.5 Å². The van der Waals surface area contributed by atoms with Crippen molar-refractivity contribution in [3.05, 3.63) is 59.9 Å². The summed E-state index contributed by atoms with van der Waals surface area (Å²) in [6, 6.07) is 9.04. The average molecular weight is 435 g/mol. The lowest BCUT2D eigenvalue weighted by Gasteiger charge is -2.34. The van der Waals surface area contributed by atoms with E-state index in [0.29, 0.717) is 24.4 Å². The summed E-state index contributed by atoms with van der Waals surface area (Å²) in [6.07, 6.45) is 2.97. The Morgan fingerprint density at radius 1 is 1.16 bits per heavy atom. The first-order valence-corrected chi connectivity index (χ1v) is 10.5. The molecule has 0 amide bonds. The highest BCUT2D eigenvalue weighted by atomic mass is 19.1. The molecule has 0 bridgehead atoms. The maximum Gasteiger partial charge on any atom is 0.227 e. The van der Waals surface area contributed by atoms with Crippen LogP contribution in [0.25, 0.3) is 22.2 Å². The fourth-order valence-electron chi connectivity index (χ4n) is 4.16. The Labute approximate surface area is 184 Å². The Morgan fingerprint density at radius 2 is 2.00 bits per heavy atom. The van der Waals surface area contributed by atoms with Crippen LogP contribution in [0.15, 0.2) is 42.7 Å². The quantitative estimate of drug-likeness (QED) is 0.439. The van der Waals surface area contributed by atoms with Crippen molar-refractivity contribution in [2.45, 2.75) is 26.8 Å². The molecule has 0 saturated carbocycles. The number of aromatic nitrogens is 3. The molecule has 4 aromatic rings. The van der Waals surface area contributed by atoms with Crippen LogP contribution in [0.5, 0.6) is 5.75 Å². The zero-order chi connectivity index (χ0) is 22.4. The number of anilines is 3. The normalized spacial score (nSPS) is 13.4. The van der Waals surface area contributed by atoms with Crippen LogP contribution in [0.2, 0.25) is 0 Å². The first-order valence-electron chi connectivity index (χ1n) is 10.5. The summed E-state index contributed by atoms with van der Waals surface area (Å²) in [4.78, 5) is 13.7. The van der Waals surface area contributed by atoms with Gasteiger partial charge in [-0.15, -0.1) is 0 Å². The van der Waals surface area contributed by atoms with Gasteiger partial charge in [0.25, 0.3) is 0 Å². The summed E-state index contributed by atoms with van der Waals surface area (Å²) in [5, 5.41) is 4.25. The highest BCUT2D eigenvalue weighted by Crippen LogP contribution is 2.39. The van der Waals surface area contributed by atoms with E-state index in [0.717, 1.165) is 28.4 Å². The molecule has 1 aliphatic heterocycles. The zero-order valence-electron chi connectivity index (χ0n) is 18.0. The lowest BCUT2D eigenvalue weighted by molar-refractivity contribution is 0.287. The van der Waals surface area contributed by atoms with Gasteiger partial charge in [-0.05, 0) is 56.7 Å². The Hall–Kier alpha value is -3.68. The molecule has 0 unspecified atom stereocenters. The van der Waals surface area contributed by atoms with Crippen LogP contribution >= 0.6 is 0 Å². The molecule has 3 heterocycles. The van der Waals surface area contributed by atoms with Gasteiger partial charge in [0.15, 0.2) is 17.4 Å². The number of ether oxygens (including phenoxy) is 1. The van der Waals surface area contributed by atoms with Gasteiger partial charge < -0.3 is 19.9 Å². The average Bonchev–Trinajstić information content (AvgIpc) is 3.24. The van der Waals surface area contributed by atoms with E-state index in [1.807, 2.05) is 50.1 Å². The molecule has 0 atom stereocenters. The number of nitrogens with one attached hydrogen (secondary N) is 2. The van der Waals surface area contributed by atoms with Crippen LogP contribution < -0.4 is 15.0 Å². The molecule has 2 N–H and O–H groups in total. The smallest absolute Gasteiger partial charge is 0.227 e. The van der Waals surface area contributed by atoms with Crippen LogP contribution in [0.1, 0.15) is 19.4 Å². The molecule has 0 saturated heterocycles. The van der Waals surface area contributed by atoms with Crippen molar-refractivity contribution in [2.75, 3.05) is 23.4 Å². The van der Waals surface area contributed by atoms with Gasteiger partial charge >= 0.3 is 0 Å². The largest absolute Gasteiger partial charge is 0.486 e. The maximum absolute atomic E-state index is 14.9. The van der Waals surface area contributed by atoms with Gasteiger partial charge in [0.05, 0.1) is 18.4 Å². The van der Waals surface area contributed by atoms with Crippen LogP contribution in [0.3, 0.4) is 0 Å². The predicted octanol–water partition coefficient (Wildman–Crippen LogP) is 5.56. The number of nitrogens with zero attached hydrogens (tertiary/aromatic N) is 3. The minimum absolute atomic E-state index is 0.0242. The second-order valence-corrected chi connectivity index (χ2v) is 8.19. The summed E-state index contributed by atoms with van der Waals surface area (Å²) in [5.74, 6) is -0.750. The van der Waals surface area contributed by atoms with E-state index in [-0.39, 0.29) is 23.4 Å². The minimum Gasteiger partial charge on any atom is -0.486 e. The molecule has 0 spiro atoms. The predicted molar refractivity (Wildman–Crippen MR) is 122 cm³/mol. The third-order valence-corrected chi connectivity index (χ3v) is 5.68. The lowest BCUT2D eigenvalue weighted by atomic mass is 10.1. The molecule has 2 aromatic heterocycles. The summed E-state index contributed by atoms with van der Waals surface area (Å²) in [7, 11) is 0. The number of H-pyrrole nitrogens is 1. The number of rotatable bonds is 4. The number of hydrogen-bond acceptors (Lipinski definition) is 5. The van der Waals surface area contributed by atoms with Gasteiger partial charge in [-0.3, -0.25) is 0 Å². The highest BCUT2D eigenvalue weighted by Gasteiger charge is 2.25. The molecule has 0 fully saturated rings. The van der Waals surface area contributed by atoms with E-state index >= 15 is 0 Å². The standard InChI is InChI=1S/C24H23F2N5O/c1-13(2)31-6-7-32-23-18(25)9-15(10-21(23)31)22-19(26)12-28-24(30-22)29-16-8-14(3)17-4-5-27-20(17)11-16/h4-5,8-13,27H,6-7H2,1-3H3,(H,28,29,30). The maximum atomic E-state index is 14.9. The van der Waals surface area contributed by atoms with Gasteiger partial charge in [-0.2, -0.15) is 0 Å². The monoisotopic (exact) mass is 435 g/mol. The van der Waals surface area contributed by atoms with E-state index < -0.39 is 11.6 Å². The minimum atomic E-state index is -0.626. The van der Waals surface area contributed by atoms with E-state index in [1.54, 1.807) is 6.07 Å². The Morgan fingerprint density at radius 3 is 2.81 bits per heavy atom. The van der Waals surface area contributed by atoms with Gasteiger partial charge in [-0.25, -0.2) is 18.7 Å². The van der Waals surface area contributed by atoms with Crippen LogP contribution in [0.4, 0.5) is 26.1 Å². The second kappa shape index (κ2) is 7.78. The SMILES string of the molecule is Cc1cc(Nc2ncc(F)c(-c3cc(F)c4c(c3)N(C(C)C)CCO4)n2)cc2[nH]ccc12. The second-order valence-electron chi connectivity index (χ2n) is 8.19. The Kier molecular flexibility index (Phi) is 4.92. The van der Waals surface area contributed by atoms with Crippen LogP contribution in [-0.4, -0.2) is 34.1 Å². The molecule has 0 aliphatic carbocycles. The molecule has 1 aliphatic rings. The number of halogens is 2. The third-order valence-electron chi connectivity index (χ3n) is 5.68. The Bertz CT molecular complexity index is 1320. The van der Waals surface area contributed by atoms with Crippen LogP contribution in [-0.2, 0) is 0 Å². The van der Waals surface area contributed by atoms with E-state index in [4.69, 9.17) is 4.74 Å². The van der Waals surface area contributed by atoms with Crippen molar-refractivity contribution in [1.29, 1.82) is 0 Å². The molecule has 5 rings (SSSR count). The topological polar surface area (TPSA) is 66.1 Å². The van der Waals surface area contributed by atoms with Gasteiger partial charge in [-0.1, -0.05) is 0 Å². The summed E-state index contributed by atoms with van der Waals surface area (Å²) in [5.41, 5.74) is 3.78. The van der Waals surface area contributed by atoms with Crippen LogP contribution in [0, 0.1) is 18.6 Å². The summed E-state index contributed by atoms with van der Waals surface area (Å²) < 4.78 is 35.1. The van der Waals surface area contributed by atoms with E-state index in [2.05, 4.69) is 20.3 Å². The molecule has 32 heavy (non-hydrogen) atoms. The van der Waals surface area contributed by atoms with Crippen molar-refractivity contribution >= 4 is 28.2 Å². The number of aryl methyl sites for hydroxylation is 1. The number of aromatic amines is 1. The fraction of sp³-hybridized carbons (Fsp3) is 0.250. The first-order chi connectivity index (χ1) is 15.4. The lowest BCUT2D eigenvalue weighted by Crippen LogP contribution is -2.38. The highest BCUT2D eigenvalue weighted by molar-refractivity contribution is 5.87. The molecular formula is C24H23F2N5O. The van der Waals surface area contributed by atoms with Crippen molar-refractivity contribution in [1.82, 2.24) is 15.0 Å². The van der Waals surface area contributed by atoms with Crippen molar-refractivity contribution in [3.8, 4) is 17.0 Å². The molecule has 6 nitrogen and oxygen atoms in total. The fourth-order valence-corrected chi connectivity index (χ4v) is 4.16. The molecule has 8 heteroatoms. The van der Waals surface area contributed by atoms with Gasteiger partial charge in [0.2, 0.25) is 5.95 Å². The Balaban J connectivity index is 1.54. The van der Waals surface area contributed by atoms with Gasteiger partial charge in [0.1, 0.15) is 12.3 Å². The van der Waals surface area contributed by atoms with E-state index in [1.165, 1.54) is 6.07 Å². The number of benzene rings is 2. The molecule has 164 valence electrons. The summed E-state index contributed by atoms with van der Waals surface area (Å²) in [6.45, 7) is 7.10. The molecular weight excluding hydrogens is 412 g/mol. The summed E-state index contributed by atoms with van der Waals surface area (Å²) >= 11 is 0. The zero-order valence-corrected chi connectivity index (χ0v) is 18.0. The van der Waals surface area contributed by atoms with E-state index in [9.17, 15) is 8.78 Å². The number of hydrogen-bond donors (Lipinski definition) is 2. The molecule has 0 radical (unpaired) electrons. The first kappa shape index (κ1) is 20.2. The molecule has 2 aromatic carbocycles. The third kappa shape index (κ3) is 3.51.